The predicted octanol–water partition coefficient (Wildman–Crippen LogP) is 2.51. The van der Waals surface area contributed by atoms with Gasteiger partial charge in [0.05, 0.1) is 5.25 Å². The third-order valence-electron chi connectivity index (χ3n) is 3.41. The van der Waals surface area contributed by atoms with E-state index in [9.17, 15) is 8.42 Å². The van der Waals surface area contributed by atoms with Gasteiger partial charge in [-0.15, -0.1) is 0 Å². The van der Waals surface area contributed by atoms with Crippen molar-refractivity contribution in [2.75, 3.05) is 0 Å². The molecule has 0 N–H and O–H groups in total. The lowest BCUT2D eigenvalue weighted by atomic mass is 9.83. The first kappa shape index (κ1) is 11.6. The summed E-state index contributed by atoms with van der Waals surface area (Å²) in [7, 11) is -2.30. The minimum atomic E-state index is -2.30. The van der Waals surface area contributed by atoms with Gasteiger partial charge in [-0.05, 0) is 30.9 Å². The standard InChI is InChI=1S/C13H17O2S/c1-10-6-8-11(9-7-10)12-4-2-3-5-13(12)16(14)15/h6-9,12-13,16H,1-5H2. The summed E-state index contributed by atoms with van der Waals surface area (Å²) in [6, 6.07) is 7.95. The summed E-state index contributed by atoms with van der Waals surface area (Å²) >= 11 is 0. The van der Waals surface area contributed by atoms with Gasteiger partial charge in [-0.25, -0.2) is 8.42 Å². The van der Waals surface area contributed by atoms with Crippen LogP contribution in [0.2, 0.25) is 0 Å². The SMILES string of the molecule is [CH2]c1ccc(C2CCCCC2[SH](=O)=O)cc1. The van der Waals surface area contributed by atoms with Crippen LogP contribution in [0.25, 0.3) is 0 Å². The fourth-order valence-corrected chi connectivity index (χ4v) is 3.53. The topological polar surface area (TPSA) is 34.1 Å². The molecule has 1 fully saturated rings. The summed E-state index contributed by atoms with van der Waals surface area (Å²) in [5, 5.41) is -0.167. The molecule has 0 amide bonds. The lowest BCUT2D eigenvalue weighted by Gasteiger charge is -2.27. The molecule has 1 aromatic rings. The van der Waals surface area contributed by atoms with Crippen LogP contribution in [0.5, 0.6) is 0 Å². The maximum atomic E-state index is 11.2. The number of rotatable bonds is 2. The molecule has 1 aromatic carbocycles. The van der Waals surface area contributed by atoms with Crippen molar-refractivity contribution in [3.8, 4) is 0 Å². The van der Waals surface area contributed by atoms with E-state index in [1.54, 1.807) is 0 Å². The fourth-order valence-electron chi connectivity index (χ4n) is 2.52. The Morgan fingerprint density at radius 1 is 1.06 bits per heavy atom. The molecule has 1 radical (unpaired) electrons. The molecular weight excluding hydrogens is 220 g/mol. The summed E-state index contributed by atoms with van der Waals surface area (Å²) in [4.78, 5) is 0. The molecule has 2 atom stereocenters. The summed E-state index contributed by atoms with van der Waals surface area (Å²) < 4.78 is 22.5. The highest BCUT2D eigenvalue weighted by atomic mass is 32.2. The lowest BCUT2D eigenvalue weighted by Crippen LogP contribution is -2.24. The van der Waals surface area contributed by atoms with Gasteiger partial charge in [-0.1, -0.05) is 37.1 Å². The van der Waals surface area contributed by atoms with E-state index in [2.05, 4.69) is 6.92 Å². The van der Waals surface area contributed by atoms with E-state index >= 15 is 0 Å². The number of hydrogen-bond acceptors (Lipinski definition) is 2. The molecular formula is C13H17O2S. The summed E-state index contributed by atoms with van der Waals surface area (Å²) in [6.45, 7) is 3.84. The maximum absolute atomic E-state index is 11.2. The van der Waals surface area contributed by atoms with Crippen LogP contribution < -0.4 is 0 Å². The predicted molar refractivity (Wildman–Crippen MR) is 66.2 cm³/mol. The zero-order valence-electron chi connectivity index (χ0n) is 9.26. The van der Waals surface area contributed by atoms with Crippen LogP contribution in [-0.4, -0.2) is 13.7 Å². The number of thiol groups is 1. The van der Waals surface area contributed by atoms with Gasteiger partial charge in [0.1, 0.15) is 10.7 Å². The third kappa shape index (κ3) is 2.46. The first-order valence-electron chi connectivity index (χ1n) is 5.74. The molecule has 1 aliphatic carbocycles. The minimum Gasteiger partial charge on any atom is -0.232 e. The molecule has 87 valence electrons. The highest BCUT2D eigenvalue weighted by Gasteiger charge is 2.28. The minimum absolute atomic E-state index is 0.167. The summed E-state index contributed by atoms with van der Waals surface area (Å²) in [6.07, 6.45) is 3.98. The zero-order chi connectivity index (χ0) is 11.5. The van der Waals surface area contributed by atoms with Gasteiger partial charge >= 0.3 is 0 Å². The second kappa shape index (κ2) is 5.00. The van der Waals surface area contributed by atoms with Gasteiger partial charge in [-0.2, -0.15) is 0 Å². The van der Waals surface area contributed by atoms with E-state index in [-0.39, 0.29) is 11.2 Å². The number of benzene rings is 1. The largest absolute Gasteiger partial charge is 0.232 e. The molecule has 0 saturated heterocycles. The molecule has 1 aliphatic rings. The van der Waals surface area contributed by atoms with Crippen LogP contribution >= 0.6 is 0 Å². The lowest BCUT2D eigenvalue weighted by molar-refractivity contribution is 0.440. The van der Waals surface area contributed by atoms with E-state index in [0.29, 0.717) is 0 Å². The Kier molecular flexibility index (Phi) is 3.64. The van der Waals surface area contributed by atoms with Crippen LogP contribution in [-0.2, 0) is 10.7 Å². The Balaban J connectivity index is 2.26. The summed E-state index contributed by atoms with van der Waals surface area (Å²) in [5.41, 5.74) is 2.12. The quantitative estimate of drug-likeness (QED) is 0.802. The van der Waals surface area contributed by atoms with Gasteiger partial charge in [-0.3, -0.25) is 0 Å². The first-order valence-corrected chi connectivity index (χ1v) is 6.98. The van der Waals surface area contributed by atoms with E-state index in [4.69, 9.17) is 0 Å². The second-order valence-electron chi connectivity index (χ2n) is 4.49. The second-order valence-corrected chi connectivity index (χ2v) is 5.72. The average Bonchev–Trinajstić information content (AvgIpc) is 2.30. The molecule has 0 aliphatic heterocycles. The zero-order valence-corrected chi connectivity index (χ0v) is 10.2. The highest BCUT2D eigenvalue weighted by Crippen LogP contribution is 2.34. The molecule has 0 aromatic heterocycles. The monoisotopic (exact) mass is 237 g/mol. The number of hydrogen-bond donors (Lipinski definition) is 1. The van der Waals surface area contributed by atoms with Gasteiger partial charge in [0.2, 0.25) is 0 Å². The van der Waals surface area contributed by atoms with Crippen molar-refractivity contribution in [2.24, 2.45) is 0 Å². The fraction of sp³-hybridized carbons (Fsp3) is 0.462. The van der Waals surface area contributed by atoms with Crippen molar-refractivity contribution in [3.63, 3.8) is 0 Å². The molecule has 2 nitrogen and oxygen atoms in total. The molecule has 16 heavy (non-hydrogen) atoms. The van der Waals surface area contributed by atoms with E-state index in [1.165, 1.54) is 0 Å². The molecule has 0 spiro atoms. The van der Waals surface area contributed by atoms with Crippen molar-refractivity contribution in [1.29, 1.82) is 0 Å². The van der Waals surface area contributed by atoms with Crippen LogP contribution in [0, 0.1) is 6.92 Å². The van der Waals surface area contributed by atoms with E-state index in [1.807, 2.05) is 24.3 Å². The van der Waals surface area contributed by atoms with Crippen molar-refractivity contribution < 1.29 is 8.42 Å². The Bertz CT molecular complexity index is 412. The molecule has 0 bridgehead atoms. The van der Waals surface area contributed by atoms with Crippen LogP contribution in [0.1, 0.15) is 42.7 Å². The molecule has 2 rings (SSSR count). The van der Waals surface area contributed by atoms with Crippen LogP contribution in [0.15, 0.2) is 24.3 Å². The Hall–Kier alpha value is -0.830. The Morgan fingerprint density at radius 3 is 2.31 bits per heavy atom. The summed E-state index contributed by atoms with van der Waals surface area (Å²) in [5.74, 6) is 0.190. The van der Waals surface area contributed by atoms with E-state index < -0.39 is 10.7 Å². The van der Waals surface area contributed by atoms with Crippen molar-refractivity contribution in [3.05, 3.63) is 42.3 Å². The van der Waals surface area contributed by atoms with Gasteiger partial charge in [0, 0.05) is 5.92 Å². The van der Waals surface area contributed by atoms with Gasteiger partial charge < -0.3 is 0 Å². The van der Waals surface area contributed by atoms with Crippen LogP contribution in [0.4, 0.5) is 0 Å². The normalized spacial score (nSPS) is 25.9. The Labute approximate surface area is 98.6 Å². The molecule has 0 heterocycles. The van der Waals surface area contributed by atoms with Crippen molar-refractivity contribution >= 4 is 10.7 Å². The third-order valence-corrected chi connectivity index (χ3v) is 4.57. The average molecular weight is 237 g/mol. The smallest absolute Gasteiger partial charge is 0.143 e. The Morgan fingerprint density at radius 2 is 1.69 bits per heavy atom. The first-order chi connectivity index (χ1) is 7.68. The molecule has 1 saturated carbocycles. The highest BCUT2D eigenvalue weighted by molar-refractivity contribution is 7.73. The van der Waals surface area contributed by atoms with Gasteiger partial charge in [0.15, 0.2) is 0 Å². The molecule has 2 unspecified atom stereocenters. The van der Waals surface area contributed by atoms with Crippen molar-refractivity contribution in [2.45, 2.75) is 36.9 Å². The van der Waals surface area contributed by atoms with Gasteiger partial charge in [0.25, 0.3) is 0 Å². The van der Waals surface area contributed by atoms with E-state index in [0.717, 1.165) is 36.8 Å². The molecule has 3 heteroatoms. The van der Waals surface area contributed by atoms with Crippen molar-refractivity contribution in [1.82, 2.24) is 0 Å². The van der Waals surface area contributed by atoms with Crippen LogP contribution in [0.3, 0.4) is 0 Å². The maximum Gasteiger partial charge on any atom is 0.143 e.